The summed E-state index contributed by atoms with van der Waals surface area (Å²) in [7, 11) is 0. The second kappa shape index (κ2) is 12.7. The van der Waals surface area contributed by atoms with Gasteiger partial charge >= 0.3 is 5.97 Å². The van der Waals surface area contributed by atoms with Gasteiger partial charge in [-0.25, -0.2) is 14.2 Å². The molecule has 3 aromatic carbocycles. The third-order valence-electron chi connectivity index (χ3n) is 5.33. The molecule has 6 nitrogen and oxygen atoms in total. The van der Waals surface area contributed by atoms with Gasteiger partial charge in [0.1, 0.15) is 28.8 Å². The van der Waals surface area contributed by atoms with Gasteiger partial charge in [0.15, 0.2) is 5.75 Å². The fraction of sp³-hybridized carbons (Fsp3) is 0.107. The number of nitrogens with zero attached hydrogens (tertiary/aromatic N) is 1. The Bertz CT molecular complexity index is 1530. The molecular formula is C28H19Cl3FNO5S. The van der Waals surface area contributed by atoms with Crippen molar-refractivity contribution in [2.75, 3.05) is 6.61 Å². The Balaban J connectivity index is 1.65. The number of aliphatic hydroxyl groups is 1. The van der Waals surface area contributed by atoms with Crippen molar-refractivity contribution in [2.24, 2.45) is 4.99 Å². The smallest absolute Gasteiger partial charge is 0.344 e. The van der Waals surface area contributed by atoms with Crippen molar-refractivity contribution in [1.82, 2.24) is 0 Å². The van der Waals surface area contributed by atoms with Crippen molar-refractivity contribution in [3.05, 3.63) is 114 Å². The largest absolute Gasteiger partial charge is 0.506 e. The first-order chi connectivity index (χ1) is 18.7. The van der Waals surface area contributed by atoms with Gasteiger partial charge < -0.3 is 14.6 Å². The predicted molar refractivity (Wildman–Crippen MR) is 152 cm³/mol. The zero-order chi connectivity index (χ0) is 28.1. The van der Waals surface area contributed by atoms with E-state index in [9.17, 15) is 19.1 Å². The number of aliphatic hydroxyl groups excluding tert-OH is 1. The number of thioether (sulfide) groups is 1. The summed E-state index contributed by atoms with van der Waals surface area (Å²) >= 11 is 19.8. The Morgan fingerprint density at radius 3 is 2.36 bits per heavy atom. The van der Waals surface area contributed by atoms with E-state index >= 15 is 0 Å². The van der Waals surface area contributed by atoms with Crippen LogP contribution in [-0.4, -0.2) is 28.6 Å². The average molecular weight is 607 g/mol. The van der Waals surface area contributed by atoms with Crippen molar-refractivity contribution in [2.45, 2.75) is 13.5 Å². The molecule has 0 unspecified atom stereocenters. The van der Waals surface area contributed by atoms with Gasteiger partial charge in [-0.1, -0.05) is 76.9 Å². The predicted octanol–water partition coefficient (Wildman–Crippen LogP) is 8.07. The highest BCUT2D eigenvalue weighted by Gasteiger charge is 2.34. The molecule has 0 atom stereocenters. The lowest BCUT2D eigenvalue weighted by molar-refractivity contribution is -0.138. The number of hydrogen-bond acceptors (Lipinski definition) is 6. The molecule has 1 aliphatic rings. The number of benzene rings is 3. The molecule has 0 saturated carbocycles. The number of aliphatic imine (C=N–C) groups is 1. The van der Waals surface area contributed by atoms with Crippen LogP contribution in [0.15, 0.2) is 81.9 Å². The van der Waals surface area contributed by atoms with Gasteiger partial charge in [0, 0.05) is 5.56 Å². The molecule has 11 heteroatoms. The Morgan fingerprint density at radius 2 is 1.69 bits per heavy atom. The number of carbonyl (C=O) groups is 2. The maximum Gasteiger partial charge on any atom is 0.344 e. The van der Waals surface area contributed by atoms with Crippen LogP contribution in [0.5, 0.6) is 5.75 Å². The summed E-state index contributed by atoms with van der Waals surface area (Å²) < 4.78 is 24.6. The molecule has 0 aromatic heterocycles. The van der Waals surface area contributed by atoms with Crippen molar-refractivity contribution in [3.63, 3.8) is 0 Å². The normalized spacial score (nSPS) is 15.2. The first-order valence-electron chi connectivity index (χ1n) is 11.4. The number of amides is 1. The number of rotatable bonds is 7. The third kappa shape index (κ3) is 6.65. The summed E-state index contributed by atoms with van der Waals surface area (Å²) in [5.74, 6) is -2.22. The van der Waals surface area contributed by atoms with E-state index in [1.807, 2.05) is 0 Å². The summed E-state index contributed by atoms with van der Waals surface area (Å²) in [4.78, 5) is 29.7. The van der Waals surface area contributed by atoms with Crippen LogP contribution in [0.4, 0.5) is 4.39 Å². The topological polar surface area (TPSA) is 85.2 Å². The van der Waals surface area contributed by atoms with Crippen LogP contribution in [0.2, 0.25) is 15.1 Å². The molecule has 0 fully saturated rings. The average Bonchev–Trinajstić information content (AvgIpc) is 3.19. The molecular weight excluding hydrogens is 588 g/mol. The summed E-state index contributed by atoms with van der Waals surface area (Å²) in [5.41, 5.74) is 0.671. The minimum atomic E-state index is -0.843. The minimum Gasteiger partial charge on any atom is -0.506 e. The molecule has 1 aliphatic heterocycles. The summed E-state index contributed by atoms with van der Waals surface area (Å²) in [5, 5.41) is 11.3. The lowest BCUT2D eigenvalue weighted by atomic mass is 10.1. The first kappa shape index (κ1) is 28.7. The molecule has 0 bridgehead atoms. The van der Waals surface area contributed by atoms with Gasteiger partial charge in [0.05, 0.1) is 32.1 Å². The quantitative estimate of drug-likeness (QED) is 0.274. The second-order valence-corrected chi connectivity index (χ2v) is 10.2. The zero-order valence-corrected chi connectivity index (χ0v) is 23.3. The van der Waals surface area contributed by atoms with E-state index in [0.717, 1.165) is 11.8 Å². The number of hydrogen-bond donors (Lipinski definition) is 1. The van der Waals surface area contributed by atoms with E-state index in [4.69, 9.17) is 44.3 Å². The fourth-order valence-corrected chi connectivity index (χ4v) is 5.34. The van der Waals surface area contributed by atoms with E-state index in [1.54, 1.807) is 43.3 Å². The van der Waals surface area contributed by atoms with Gasteiger partial charge in [0.2, 0.25) is 0 Å². The monoisotopic (exact) mass is 605 g/mol. The molecule has 0 radical (unpaired) electrons. The molecule has 4 rings (SSSR count). The van der Waals surface area contributed by atoms with Gasteiger partial charge in [-0.3, -0.25) is 4.79 Å². The van der Waals surface area contributed by atoms with Gasteiger partial charge in [-0.2, -0.15) is 0 Å². The molecule has 3 aromatic rings. The molecule has 0 aliphatic carbocycles. The molecule has 39 heavy (non-hydrogen) atoms. The van der Waals surface area contributed by atoms with Crippen molar-refractivity contribution < 1.29 is 28.6 Å². The van der Waals surface area contributed by atoms with Gasteiger partial charge in [-0.05, 0) is 48.9 Å². The SMILES string of the molecule is CCOC(=O)C1=C(O)/C(=C/c2cc(Cl)c(OCc3ccccc3F)c(Cl)c2)SC1=NC(=O)c1ccccc1Cl. The molecule has 1 N–H and O–H groups in total. The van der Waals surface area contributed by atoms with Crippen LogP contribution in [0, 0.1) is 5.82 Å². The number of esters is 1. The summed E-state index contributed by atoms with van der Waals surface area (Å²) in [6, 6.07) is 15.5. The van der Waals surface area contributed by atoms with Crippen LogP contribution in [-0.2, 0) is 16.1 Å². The molecule has 0 spiro atoms. The van der Waals surface area contributed by atoms with E-state index in [1.165, 1.54) is 30.3 Å². The minimum absolute atomic E-state index is 0.0463. The lowest BCUT2D eigenvalue weighted by Crippen LogP contribution is -2.14. The van der Waals surface area contributed by atoms with E-state index in [-0.39, 0.29) is 55.1 Å². The van der Waals surface area contributed by atoms with Crippen molar-refractivity contribution in [3.8, 4) is 5.75 Å². The van der Waals surface area contributed by atoms with Crippen LogP contribution in [0.3, 0.4) is 0 Å². The summed E-state index contributed by atoms with van der Waals surface area (Å²) in [6.45, 7) is 1.57. The van der Waals surface area contributed by atoms with Crippen LogP contribution in [0.25, 0.3) is 6.08 Å². The van der Waals surface area contributed by atoms with Crippen molar-refractivity contribution in [1.29, 1.82) is 0 Å². The van der Waals surface area contributed by atoms with E-state index in [0.29, 0.717) is 11.1 Å². The highest BCUT2D eigenvalue weighted by atomic mass is 35.5. The van der Waals surface area contributed by atoms with E-state index in [2.05, 4.69) is 4.99 Å². The second-order valence-electron chi connectivity index (χ2n) is 7.95. The Hall–Kier alpha value is -3.30. The molecule has 0 saturated heterocycles. The zero-order valence-electron chi connectivity index (χ0n) is 20.2. The Morgan fingerprint density at radius 1 is 1.03 bits per heavy atom. The van der Waals surface area contributed by atoms with Gasteiger partial charge in [0.25, 0.3) is 5.91 Å². The number of ether oxygens (including phenoxy) is 2. The Kier molecular flexibility index (Phi) is 9.35. The number of carbonyl (C=O) groups excluding carboxylic acids is 2. The first-order valence-corrected chi connectivity index (χ1v) is 13.4. The van der Waals surface area contributed by atoms with Crippen LogP contribution in [0.1, 0.15) is 28.4 Å². The third-order valence-corrected chi connectivity index (χ3v) is 7.24. The molecule has 200 valence electrons. The maximum absolute atomic E-state index is 13.9. The molecule has 1 heterocycles. The Labute approximate surface area is 242 Å². The maximum atomic E-state index is 13.9. The van der Waals surface area contributed by atoms with Crippen LogP contribution >= 0.6 is 46.6 Å². The van der Waals surface area contributed by atoms with Crippen molar-refractivity contribution >= 4 is 69.6 Å². The standard InChI is InChI=1S/C28H19Cl3FNO5S/c1-2-37-28(36)23-24(34)22(39-27(23)33-26(35)17-8-4-5-9-18(17)29)13-15-11-19(30)25(20(31)12-15)38-14-16-7-3-6-10-21(16)32/h3-13,34H,2,14H2,1H3/b22-13-,33-27?. The van der Waals surface area contributed by atoms with Gasteiger partial charge in [-0.15, -0.1) is 0 Å². The lowest BCUT2D eigenvalue weighted by Gasteiger charge is -2.11. The highest BCUT2D eigenvalue weighted by molar-refractivity contribution is 8.18. The number of halogens is 4. The van der Waals surface area contributed by atoms with Crippen LogP contribution < -0.4 is 4.74 Å². The molecule has 1 amide bonds. The van der Waals surface area contributed by atoms with E-state index < -0.39 is 23.5 Å². The summed E-state index contributed by atoms with van der Waals surface area (Å²) in [6.07, 6.45) is 1.51. The fourth-order valence-electron chi connectivity index (χ4n) is 3.50. The highest BCUT2D eigenvalue weighted by Crippen LogP contribution is 2.41.